The second-order valence-electron chi connectivity index (χ2n) is 8.76. The van der Waals surface area contributed by atoms with E-state index in [-0.39, 0.29) is 0 Å². The molecule has 0 bridgehead atoms. The van der Waals surface area contributed by atoms with E-state index in [0.29, 0.717) is 28.7 Å². The number of hydrogen-bond donors (Lipinski definition) is 3. The van der Waals surface area contributed by atoms with Crippen LogP contribution < -0.4 is 5.32 Å². The third-order valence-electron chi connectivity index (χ3n) is 6.59. The van der Waals surface area contributed by atoms with Gasteiger partial charge in [-0.05, 0) is 67.5 Å². The number of nitrogens with zero attached hydrogens (tertiary/aromatic N) is 2. The molecule has 1 saturated heterocycles. The zero-order valence-corrected chi connectivity index (χ0v) is 17.9. The summed E-state index contributed by atoms with van der Waals surface area (Å²) in [6, 6.07) is 12.4. The lowest BCUT2D eigenvalue weighted by molar-refractivity contribution is -0.133. The summed E-state index contributed by atoms with van der Waals surface area (Å²) in [5.74, 6) is 1.87. The van der Waals surface area contributed by atoms with Gasteiger partial charge in [-0.3, -0.25) is 4.79 Å². The highest BCUT2D eigenvalue weighted by molar-refractivity contribution is 6.35. The number of piperidine rings is 1. The number of halogens is 1. The topological polar surface area (TPSA) is 76.8 Å². The van der Waals surface area contributed by atoms with Gasteiger partial charge in [0.05, 0.1) is 16.1 Å². The molecule has 0 radical (unpaired) electrons. The predicted molar refractivity (Wildman–Crippen MR) is 124 cm³/mol. The molecular formula is C24H24ClN5O. The van der Waals surface area contributed by atoms with E-state index in [9.17, 15) is 4.79 Å². The first-order valence-corrected chi connectivity index (χ1v) is 11.3. The fourth-order valence-electron chi connectivity index (χ4n) is 4.69. The summed E-state index contributed by atoms with van der Waals surface area (Å²) in [5, 5.41) is 5.04. The number of H-pyrrole nitrogens is 2. The van der Waals surface area contributed by atoms with E-state index < -0.39 is 0 Å². The van der Waals surface area contributed by atoms with Gasteiger partial charge in [-0.15, -0.1) is 0 Å². The normalized spacial score (nSPS) is 17.5. The van der Waals surface area contributed by atoms with Crippen molar-refractivity contribution in [2.75, 3.05) is 18.4 Å². The maximum atomic E-state index is 12.3. The molecule has 31 heavy (non-hydrogen) atoms. The Labute approximate surface area is 185 Å². The zero-order valence-electron chi connectivity index (χ0n) is 17.1. The van der Waals surface area contributed by atoms with Crippen LogP contribution in [0.2, 0.25) is 5.02 Å². The number of hydrogen-bond acceptors (Lipinski definition) is 3. The Morgan fingerprint density at radius 3 is 2.71 bits per heavy atom. The molecule has 2 fully saturated rings. The maximum absolute atomic E-state index is 12.3. The van der Waals surface area contributed by atoms with Crippen molar-refractivity contribution in [2.45, 2.75) is 31.6 Å². The maximum Gasteiger partial charge on any atom is 0.225 e. The Morgan fingerprint density at radius 2 is 1.90 bits per heavy atom. The number of fused-ring (bicyclic) bond motifs is 2. The predicted octanol–water partition coefficient (Wildman–Crippen LogP) is 5.56. The monoisotopic (exact) mass is 433 g/mol. The number of imidazole rings is 1. The van der Waals surface area contributed by atoms with Crippen LogP contribution in [-0.2, 0) is 4.79 Å². The number of rotatable bonds is 4. The van der Waals surface area contributed by atoms with Crippen molar-refractivity contribution in [1.82, 2.24) is 19.9 Å². The van der Waals surface area contributed by atoms with E-state index in [0.717, 1.165) is 66.4 Å². The molecule has 4 aromatic rings. The first kappa shape index (κ1) is 18.8. The molecule has 158 valence electrons. The number of likely N-dealkylation sites (tertiary alicyclic amines) is 1. The molecule has 2 aromatic heterocycles. The number of anilines is 2. The third kappa shape index (κ3) is 3.55. The summed E-state index contributed by atoms with van der Waals surface area (Å²) < 4.78 is 0. The van der Waals surface area contributed by atoms with Gasteiger partial charge in [-0.25, -0.2) is 4.98 Å². The van der Waals surface area contributed by atoms with Crippen LogP contribution >= 0.6 is 11.6 Å². The van der Waals surface area contributed by atoms with E-state index in [4.69, 9.17) is 11.6 Å². The van der Waals surface area contributed by atoms with Gasteiger partial charge in [0.25, 0.3) is 0 Å². The Kier molecular flexibility index (Phi) is 4.42. The molecule has 1 amide bonds. The van der Waals surface area contributed by atoms with Crippen molar-refractivity contribution < 1.29 is 4.79 Å². The second-order valence-corrected chi connectivity index (χ2v) is 9.17. The van der Waals surface area contributed by atoms with Crippen molar-refractivity contribution in [3.8, 4) is 0 Å². The summed E-state index contributed by atoms with van der Waals surface area (Å²) in [7, 11) is 0. The van der Waals surface area contributed by atoms with Crippen LogP contribution in [0.15, 0.2) is 42.6 Å². The lowest BCUT2D eigenvalue weighted by atomic mass is 9.89. The van der Waals surface area contributed by atoms with Crippen molar-refractivity contribution in [3.63, 3.8) is 0 Å². The van der Waals surface area contributed by atoms with Gasteiger partial charge in [-0.1, -0.05) is 17.7 Å². The molecule has 2 aliphatic rings. The first-order valence-electron chi connectivity index (χ1n) is 11.0. The second kappa shape index (κ2) is 7.31. The molecule has 0 unspecified atom stereocenters. The minimum Gasteiger partial charge on any atom is -0.361 e. The fraction of sp³-hybridized carbons (Fsp3) is 0.333. The summed E-state index contributed by atoms with van der Waals surface area (Å²) in [5.41, 5.74) is 5.13. The third-order valence-corrected chi connectivity index (χ3v) is 6.90. The van der Waals surface area contributed by atoms with Gasteiger partial charge in [0, 0.05) is 41.8 Å². The van der Waals surface area contributed by atoms with Crippen LogP contribution in [0, 0.1) is 5.92 Å². The Hall–Kier alpha value is -2.99. The van der Waals surface area contributed by atoms with E-state index in [1.165, 1.54) is 5.56 Å². The summed E-state index contributed by atoms with van der Waals surface area (Å²) in [6.07, 6.45) is 6.10. The zero-order chi connectivity index (χ0) is 20.9. The van der Waals surface area contributed by atoms with Gasteiger partial charge in [-0.2, -0.15) is 0 Å². The van der Waals surface area contributed by atoms with Crippen LogP contribution in [-0.4, -0.2) is 38.8 Å². The number of carbonyl (C=O) groups excluding carboxylic acids is 1. The van der Waals surface area contributed by atoms with Gasteiger partial charge in [0.2, 0.25) is 11.9 Å². The first-order chi connectivity index (χ1) is 15.1. The van der Waals surface area contributed by atoms with Crippen molar-refractivity contribution in [3.05, 3.63) is 53.2 Å². The summed E-state index contributed by atoms with van der Waals surface area (Å²) in [4.78, 5) is 25.6. The van der Waals surface area contributed by atoms with Gasteiger partial charge >= 0.3 is 0 Å². The van der Waals surface area contributed by atoms with Crippen LogP contribution in [0.1, 0.15) is 37.2 Å². The smallest absolute Gasteiger partial charge is 0.225 e. The number of aromatic amines is 2. The molecule has 3 N–H and O–H groups in total. The average molecular weight is 434 g/mol. The SMILES string of the molecule is O=C(C1CC1)N1CCC(c2ccc3nc(Nc4cc(Cl)c5cc[nH]c5c4)[nH]c3c2)CC1. The minimum atomic E-state index is 0.316. The molecule has 0 spiro atoms. The van der Waals surface area contributed by atoms with Gasteiger partial charge in [0.1, 0.15) is 0 Å². The van der Waals surface area contributed by atoms with E-state index in [1.54, 1.807) is 0 Å². The summed E-state index contributed by atoms with van der Waals surface area (Å²) >= 11 is 6.39. The number of nitrogens with one attached hydrogen (secondary N) is 3. The minimum absolute atomic E-state index is 0.316. The molecule has 6 rings (SSSR count). The fourth-order valence-corrected chi connectivity index (χ4v) is 4.97. The van der Waals surface area contributed by atoms with Crippen LogP contribution in [0.4, 0.5) is 11.6 Å². The highest BCUT2D eigenvalue weighted by Gasteiger charge is 2.35. The quantitative estimate of drug-likeness (QED) is 0.394. The number of benzene rings is 2. The molecule has 1 saturated carbocycles. The van der Waals surface area contributed by atoms with Gasteiger partial charge in [0.15, 0.2) is 0 Å². The Balaban J connectivity index is 1.19. The van der Waals surface area contributed by atoms with Crippen LogP contribution in [0.25, 0.3) is 21.9 Å². The molecule has 6 nitrogen and oxygen atoms in total. The summed E-state index contributed by atoms with van der Waals surface area (Å²) in [6.45, 7) is 1.74. The average Bonchev–Trinajstić information content (AvgIpc) is 3.38. The molecule has 7 heteroatoms. The van der Waals surface area contributed by atoms with Crippen molar-refractivity contribution in [2.24, 2.45) is 5.92 Å². The number of amides is 1. The number of aromatic nitrogens is 3. The van der Waals surface area contributed by atoms with E-state index in [1.807, 2.05) is 24.4 Å². The van der Waals surface area contributed by atoms with Gasteiger partial charge < -0.3 is 20.2 Å². The molecule has 0 atom stereocenters. The van der Waals surface area contributed by atoms with Crippen LogP contribution in [0.3, 0.4) is 0 Å². The lowest BCUT2D eigenvalue weighted by Gasteiger charge is -2.32. The lowest BCUT2D eigenvalue weighted by Crippen LogP contribution is -2.38. The molecule has 1 aliphatic carbocycles. The molecule has 3 heterocycles. The Morgan fingerprint density at radius 1 is 1.06 bits per heavy atom. The Bertz CT molecular complexity index is 1280. The number of carbonyl (C=O) groups is 1. The molecule has 2 aromatic carbocycles. The highest BCUT2D eigenvalue weighted by Crippen LogP contribution is 2.35. The van der Waals surface area contributed by atoms with Crippen molar-refractivity contribution in [1.29, 1.82) is 0 Å². The van der Waals surface area contributed by atoms with E-state index in [2.05, 4.69) is 43.4 Å². The molecule has 1 aliphatic heterocycles. The molecular weight excluding hydrogens is 410 g/mol. The standard InChI is InChI=1S/C24H24ClN5O/c25-19-12-17(13-21-18(19)5-8-26-21)27-24-28-20-4-3-16(11-22(20)29-24)14-6-9-30(10-7-14)23(31)15-1-2-15/h3-5,8,11-15,26H,1-2,6-7,9-10H2,(H2,27,28,29). The van der Waals surface area contributed by atoms with Crippen LogP contribution in [0.5, 0.6) is 0 Å². The largest absolute Gasteiger partial charge is 0.361 e. The van der Waals surface area contributed by atoms with Crippen molar-refractivity contribution >= 4 is 51.1 Å². The highest BCUT2D eigenvalue weighted by atomic mass is 35.5. The van der Waals surface area contributed by atoms with E-state index >= 15 is 0 Å².